The molecule has 0 spiro atoms. The number of hydrogen-bond donors (Lipinski definition) is 0. The molecule has 0 aromatic heterocycles. The van der Waals surface area contributed by atoms with E-state index >= 15 is 0 Å². The number of nitrogens with zero attached hydrogens (tertiary/aromatic N) is 1. The van der Waals surface area contributed by atoms with Crippen molar-refractivity contribution < 1.29 is 0 Å². The second kappa shape index (κ2) is 4.26. The van der Waals surface area contributed by atoms with E-state index in [0.29, 0.717) is 0 Å². The summed E-state index contributed by atoms with van der Waals surface area (Å²) >= 11 is 2.35. The molecule has 0 atom stereocenters. The maximum absolute atomic E-state index is 4.47. The van der Waals surface area contributed by atoms with Gasteiger partial charge in [0.1, 0.15) is 0 Å². The van der Waals surface area contributed by atoms with Crippen LogP contribution in [0.25, 0.3) is 5.57 Å². The fourth-order valence-corrected chi connectivity index (χ4v) is 2.36. The molecule has 2 heteroatoms. The lowest BCUT2D eigenvalue weighted by Crippen LogP contribution is -1.98. The summed E-state index contributed by atoms with van der Waals surface area (Å²) in [6.45, 7) is 5.10. The molecule has 1 aromatic carbocycles. The van der Waals surface area contributed by atoms with E-state index in [4.69, 9.17) is 0 Å². The number of halogens is 1. The molecule has 2 rings (SSSR count). The molecule has 0 amide bonds. The number of allylic oxidation sites excluding steroid dienone is 1. The minimum atomic E-state index is 0.970. The Kier molecular flexibility index (Phi) is 3.01. The molecule has 0 saturated carbocycles. The smallest absolute Gasteiger partial charge is 0.0421 e. The first-order chi connectivity index (χ1) is 6.79. The Labute approximate surface area is 98.1 Å². The third-order valence-electron chi connectivity index (χ3n) is 2.42. The SMILES string of the molecule is C=C(C1=NCCC1)c1ccccc1I. The molecule has 0 N–H and O–H groups in total. The fraction of sp³-hybridized carbons (Fsp3) is 0.250. The van der Waals surface area contributed by atoms with E-state index in [9.17, 15) is 0 Å². The molecule has 1 aliphatic rings. The van der Waals surface area contributed by atoms with Crippen LogP contribution in [0.3, 0.4) is 0 Å². The van der Waals surface area contributed by atoms with E-state index in [1.165, 1.54) is 21.3 Å². The largest absolute Gasteiger partial charge is 0.289 e. The summed E-state index contributed by atoms with van der Waals surface area (Å²) in [5, 5.41) is 0. The van der Waals surface area contributed by atoms with Gasteiger partial charge in [0, 0.05) is 15.8 Å². The molecular weight excluding hydrogens is 285 g/mol. The number of rotatable bonds is 2. The standard InChI is InChI=1S/C12H12IN/c1-9(12-7-4-8-14-12)10-5-2-3-6-11(10)13/h2-3,5-6H,1,4,7-8H2. The van der Waals surface area contributed by atoms with Crippen LogP contribution in [-0.4, -0.2) is 12.3 Å². The Morgan fingerprint density at radius 1 is 1.36 bits per heavy atom. The Balaban J connectivity index is 2.31. The molecular formula is C12H12IN. The van der Waals surface area contributed by atoms with Crippen LogP contribution in [0.15, 0.2) is 35.8 Å². The van der Waals surface area contributed by atoms with Crippen molar-refractivity contribution in [3.63, 3.8) is 0 Å². The Bertz CT molecular complexity index is 393. The maximum Gasteiger partial charge on any atom is 0.0421 e. The molecule has 0 bridgehead atoms. The highest BCUT2D eigenvalue weighted by molar-refractivity contribution is 14.1. The summed E-state index contributed by atoms with van der Waals surface area (Å²) < 4.78 is 1.25. The monoisotopic (exact) mass is 297 g/mol. The quantitative estimate of drug-likeness (QED) is 0.740. The van der Waals surface area contributed by atoms with E-state index < -0.39 is 0 Å². The molecule has 1 nitrogen and oxygen atoms in total. The van der Waals surface area contributed by atoms with Crippen LogP contribution in [0.1, 0.15) is 18.4 Å². The predicted octanol–water partition coefficient (Wildman–Crippen LogP) is 3.54. The zero-order chi connectivity index (χ0) is 9.97. The summed E-state index contributed by atoms with van der Waals surface area (Å²) in [6.07, 6.45) is 2.27. The van der Waals surface area contributed by atoms with Crippen molar-refractivity contribution >= 4 is 33.9 Å². The van der Waals surface area contributed by atoms with Crippen molar-refractivity contribution in [2.24, 2.45) is 4.99 Å². The lowest BCUT2D eigenvalue weighted by molar-refractivity contribution is 0.951. The van der Waals surface area contributed by atoms with Crippen molar-refractivity contribution in [2.45, 2.75) is 12.8 Å². The van der Waals surface area contributed by atoms with Gasteiger partial charge in [0.15, 0.2) is 0 Å². The van der Waals surface area contributed by atoms with Gasteiger partial charge in [0.25, 0.3) is 0 Å². The van der Waals surface area contributed by atoms with Crippen LogP contribution >= 0.6 is 22.6 Å². The first kappa shape index (κ1) is 9.90. The summed E-state index contributed by atoms with van der Waals surface area (Å²) in [5.41, 5.74) is 3.52. The van der Waals surface area contributed by atoms with Gasteiger partial charge in [-0.25, -0.2) is 0 Å². The number of benzene rings is 1. The third-order valence-corrected chi connectivity index (χ3v) is 3.36. The van der Waals surface area contributed by atoms with E-state index in [0.717, 1.165) is 18.5 Å². The highest BCUT2D eigenvalue weighted by atomic mass is 127. The van der Waals surface area contributed by atoms with Gasteiger partial charge in [-0.1, -0.05) is 24.8 Å². The summed E-state index contributed by atoms with van der Waals surface area (Å²) in [6, 6.07) is 8.33. The van der Waals surface area contributed by atoms with Gasteiger partial charge in [-0.15, -0.1) is 0 Å². The predicted molar refractivity (Wildman–Crippen MR) is 69.7 cm³/mol. The third kappa shape index (κ3) is 1.90. The van der Waals surface area contributed by atoms with Gasteiger partial charge < -0.3 is 0 Å². The van der Waals surface area contributed by atoms with Gasteiger partial charge in [-0.05, 0) is 52.6 Å². The van der Waals surface area contributed by atoms with Crippen molar-refractivity contribution in [3.05, 3.63) is 40.0 Å². The highest BCUT2D eigenvalue weighted by Gasteiger charge is 2.12. The van der Waals surface area contributed by atoms with Crippen LogP contribution in [-0.2, 0) is 0 Å². The Morgan fingerprint density at radius 3 is 2.79 bits per heavy atom. The Morgan fingerprint density at radius 2 is 2.14 bits per heavy atom. The van der Waals surface area contributed by atoms with Crippen LogP contribution in [0.5, 0.6) is 0 Å². The molecule has 72 valence electrons. The average molecular weight is 297 g/mol. The summed E-state index contributed by atoms with van der Waals surface area (Å²) in [4.78, 5) is 4.47. The van der Waals surface area contributed by atoms with Crippen LogP contribution in [0, 0.1) is 3.57 Å². The van der Waals surface area contributed by atoms with Gasteiger partial charge in [0.05, 0.1) is 0 Å². The van der Waals surface area contributed by atoms with Crippen molar-refractivity contribution in [3.8, 4) is 0 Å². The molecule has 0 aliphatic carbocycles. The first-order valence-corrected chi connectivity index (χ1v) is 5.84. The van der Waals surface area contributed by atoms with Crippen LogP contribution in [0.2, 0.25) is 0 Å². The Hall–Kier alpha value is -0.640. The second-order valence-electron chi connectivity index (χ2n) is 3.39. The summed E-state index contributed by atoms with van der Waals surface area (Å²) in [7, 11) is 0. The number of aliphatic imine (C=N–C) groups is 1. The summed E-state index contributed by atoms with van der Waals surface area (Å²) in [5.74, 6) is 0. The second-order valence-corrected chi connectivity index (χ2v) is 4.55. The molecule has 0 unspecified atom stereocenters. The minimum absolute atomic E-state index is 0.970. The topological polar surface area (TPSA) is 12.4 Å². The lowest BCUT2D eigenvalue weighted by atomic mass is 10.0. The van der Waals surface area contributed by atoms with Gasteiger partial charge in [-0.3, -0.25) is 4.99 Å². The van der Waals surface area contributed by atoms with E-state index in [1.54, 1.807) is 0 Å². The van der Waals surface area contributed by atoms with Crippen LogP contribution in [0.4, 0.5) is 0 Å². The van der Waals surface area contributed by atoms with E-state index in [2.05, 4.69) is 58.4 Å². The molecule has 0 radical (unpaired) electrons. The van der Waals surface area contributed by atoms with Gasteiger partial charge in [-0.2, -0.15) is 0 Å². The number of hydrogen-bond acceptors (Lipinski definition) is 1. The lowest BCUT2D eigenvalue weighted by Gasteiger charge is -2.07. The molecule has 14 heavy (non-hydrogen) atoms. The van der Waals surface area contributed by atoms with Gasteiger partial charge in [0.2, 0.25) is 0 Å². The first-order valence-electron chi connectivity index (χ1n) is 4.76. The fourth-order valence-electron chi connectivity index (χ4n) is 1.65. The zero-order valence-corrected chi connectivity index (χ0v) is 10.1. The van der Waals surface area contributed by atoms with E-state index in [-0.39, 0.29) is 0 Å². The van der Waals surface area contributed by atoms with Crippen LogP contribution < -0.4 is 0 Å². The highest BCUT2D eigenvalue weighted by Crippen LogP contribution is 2.24. The molecule has 1 aromatic rings. The van der Waals surface area contributed by atoms with Crippen molar-refractivity contribution in [1.82, 2.24) is 0 Å². The molecule has 0 saturated heterocycles. The van der Waals surface area contributed by atoms with E-state index in [1.807, 2.05) is 0 Å². The molecule has 1 aliphatic heterocycles. The zero-order valence-electron chi connectivity index (χ0n) is 7.96. The molecule has 0 fully saturated rings. The van der Waals surface area contributed by atoms with Crippen molar-refractivity contribution in [2.75, 3.05) is 6.54 Å². The van der Waals surface area contributed by atoms with Crippen molar-refractivity contribution in [1.29, 1.82) is 0 Å². The average Bonchev–Trinajstić information content (AvgIpc) is 2.70. The maximum atomic E-state index is 4.47. The minimum Gasteiger partial charge on any atom is -0.289 e. The normalized spacial score (nSPS) is 15.4. The van der Waals surface area contributed by atoms with Gasteiger partial charge >= 0.3 is 0 Å². The molecule has 1 heterocycles.